The van der Waals surface area contributed by atoms with Crippen molar-refractivity contribution in [1.29, 1.82) is 0 Å². The number of aliphatic hydroxyl groups is 6. The number of benzene rings is 2. The highest BCUT2D eigenvalue weighted by molar-refractivity contribution is 5.59. The van der Waals surface area contributed by atoms with Gasteiger partial charge in [0.1, 0.15) is 28.5 Å². The number of aliphatic hydroxyl groups excluding tert-OH is 2. The predicted octanol–water partition coefficient (Wildman–Crippen LogP) is 2.56. The van der Waals surface area contributed by atoms with Gasteiger partial charge in [-0.05, 0) is 41.5 Å². The Hall–Kier alpha value is -1.80. The van der Waals surface area contributed by atoms with Crippen molar-refractivity contribution in [2.24, 2.45) is 0 Å². The second kappa shape index (κ2) is 9.25. The van der Waals surface area contributed by atoms with E-state index in [0.29, 0.717) is 17.5 Å². The van der Waals surface area contributed by atoms with E-state index in [2.05, 4.69) is 13.8 Å². The van der Waals surface area contributed by atoms with Crippen LogP contribution in [-0.2, 0) is 12.8 Å². The van der Waals surface area contributed by atoms with Crippen LogP contribution in [0.5, 0.6) is 0 Å². The quantitative estimate of drug-likeness (QED) is 0.308. The summed E-state index contributed by atoms with van der Waals surface area (Å²) in [6.45, 7) is 5.26. The molecule has 0 aliphatic heterocycles. The van der Waals surface area contributed by atoms with E-state index in [1.54, 1.807) is 12.1 Å². The van der Waals surface area contributed by atoms with Gasteiger partial charge >= 0.3 is 0 Å². The van der Waals surface area contributed by atoms with Crippen molar-refractivity contribution in [3.05, 3.63) is 70.8 Å². The van der Waals surface area contributed by atoms with E-state index in [1.165, 1.54) is 0 Å². The van der Waals surface area contributed by atoms with Crippen LogP contribution in [0, 0.1) is 0 Å². The Labute approximate surface area is 207 Å². The Morgan fingerprint density at radius 1 is 0.686 bits per heavy atom. The second-order valence-corrected chi connectivity index (χ2v) is 10.6. The molecule has 192 valence electrons. The molecule has 7 atom stereocenters. The standard InChI is InChI=1S/C29H40O6/c1-4-7-19-9-13-21(14-10-19)24-26(32,17-6-3)28(34)25(22-15-11-20(8-5-2)12-16-22)27(33,23(31)18-30)29(24,28)35/h9-16,23-25,30-35H,4-8,17-18H2,1-3H3. The van der Waals surface area contributed by atoms with Gasteiger partial charge in [-0.2, -0.15) is 0 Å². The van der Waals surface area contributed by atoms with Crippen LogP contribution in [0.15, 0.2) is 48.5 Å². The van der Waals surface area contributed by atoms with Crippen molar-refractivity contribution >= 4 is 0 Å². The zero-order valence-corrected chi connectivity index (χ0v) is 21.0. The van der Waals surface area contributed by atoms with E-state index < -0.39 is 47.0 Å². The van der Waals surface area contributed by atoms with Crippen LogP contribution in [0.25, 0.3) is 0 Å². The lowest BCUT2D eigenvalue weighted by molar-refractivity contribution is -0.489. The monoisotopic (exact) mass is 484 g/mol. The summed E-state index contributed by atoms with van der Waals surface area (Å²) in [5.74, 6) is -2.23. The van der Waals surface area contributed by atoms with E-state index in [0.717, 1.165) is 36.8 Å². The third kappa shape index (κ3) is 3.24. The first-order chi connectivity index (χ1) is 16.6. The Morgan fingerprint density at radius 3 is 1.54 bits per heavy atom. The highest BCUT2D eigenvalue weighted by Crippen LogP contribution is 2.80. The molecule has 2 aromatic carbocycles. The summed E-state index contributed by atoms with van der Waals surface area (Å²) in [6.07, 6.45) is 2.73. The van der Waals surface area contributed by atoms with Gasteiger partial charge in [-0.1, -0.05) is 88.6 Å². The molecular formula is C29H40O6. The molecule has 0 radical (unpaired) electrons. The summed E-state index contributed by atoms with van der Waals surface area (Å²) in [6, 6.07) is 14.8. The lowest BCUT2D eigenvalue weighted by Crippen LogP contribution is -3.03. The van der Waals surface area contributed by atoms with Crippen molar-refractivity contribution < 1.29 is 30.6 Å². The number of rotatable bonds is 10. The highest BCUT2D eigenvalue weighted by atomic mass is 16.5. The van der Waals surface area contributed by atoms with Gasteiger partial charge in [0.25, 0.3) is 0 Å². The van der Waals surface area contributed by atoms with Crippen LogP contribution < -0.4 is 0 Å². The summed E-state index contributed by atoms with van der Waals surface area (Å²) < 4.78 is 0. The molecule has 0 saturated heterocycles. The third-order valence-corrected chi connectivity index (χ3v) is 8.62. The summed E-state index contributed by atoms with van der Waals surface area (Å²) in [4.78, 5) is 0. The molecular weight excluding hydrogens is 444 g/mol. The fourth-order valence-electron chi connectivity index (χ4n) is 7.15. The largest absolute Gasteiger partial charge is 0.394 e. The maximum Gasteiger partial charge on any atom is 0.138 e. The van der Waals surface area contributed by atoms with Gasteiger partial charge in [-0.3, -0.25) is 0 Å². The first kappa shape index (κ1) is 26.3. The summed E-state index contributed by atoms with van der Waals surface area (Å²) >= 11 is 0. The molecule has 6 nitrogen and oxygen atoms in total. The Kier molecular flexibility index (Phi) is 6.95. The van der Waals surface area contributed by atoms with Crippen LogP contribution in [-0.4, -0.2) is 65.8 Å². The Balaban J connectivity index is 1.85. The van der Waals surface area contributed by atoms with Crippen molar-refractivity contribution in [3.8, 4) is 0 Å². The molecule has 0 aromatic heterocycles. The highest BCUT2D eigenvalue weighted by Gasteiger charge is 2.97. The van der Waals surface area contributed by atoms with Gasteiger partial charge in [0.05, 0.1) is 18.4 Å². The third-order valence-electron chi connectivity index (χ3n) is 8.62. The first-order valence-electron chi connectivity index (χ1n) is 13.0. The zero-order chi connectivity index (χ0) is 25.6. The van der Waals surface area contributed by atoms with Crippen molar-refractivity contribution in [3.63, 3.8) is 0 Å². The van der Waals surface area contributed by atoms with Gasteiger partial charge < -0.3 is 30.6 Å². The van der Waals surface area contributed by atoms with E-state index in [1.807, 2.05) is 43.3 Å². The molecule has 4 rings (SSSR count). The molecule has 2 aliphatic rings. The minimum Gasteiger partial charge on any atom is -0.394 e. The Bertz CT molecular complexity index is 1020. The smallest absolute Gasteiger partial charge is 0.138 e. The second-order valence-electron chi connectivity index (χ2n) is 10.6. The van der Waals surface area contributed by atoms with Crippen molar-refractivity contribution in [2.75, 3.05) is 6.61 Å². The molecule has 2 aliphatic carbocycles. The topological polar surface area (TPSA) is 121 Å². The summed E-state index contributed by atoms with van der Waals surface area (Å²) in [5, 5.41) is 68.7. The molecule has 0 amide bonds. The lowest BCUT2D eigenvalue weighted by atomic mass is 9.25. The van der Waals surface area contributed by atoms with Gasteiger partial charge in [0.2, 0.25) is 0 Å². The van der Waals surface area contributed by atoms with Crippen LogP contribution in [0.4, 0.5) is 0 Å². The van der Waals surface area contributed by atoms with Gasteiger partial charge in [-0.25, -0.2) is 0 Å². The summed E-state index contributed by atoms with van der Waals surface area (Å²) in [7, 11) is 0. The van der Waals surface area contributed by atoms with Crippen LogP contribution in [0.1, 0.15) is 80.5 Å². The molecule has 6 N–H and O–H groups in total. The normalized spacial score (nSPS) is 36.7. The van der Waals surface area contributed by atoms with Gasteiger partial charge in [0.15, 0.2) is 0 Å². The molecule has 2 fully saturated rings. The van der Waals surface area contributed by atoms with Crippen LogP contribution in [0.3, 0.4) is 0 Å². The number of hydrogen-bond acceptors (Lipinski definition) is 6. The van der Waals surface area contributed by atoms with E-state index in [9.17, 15) is 30.6 Å². The molecule has 0 heterocycles. The molecule has 0 spiro atoms. The van der Waals surface area contributed by atoms with Crippen LogP contribution in [0.2, 0.25) is 0 Å². The number of hydrogen-bond donors (Lipinski definition) is 6. The molecule has 6 heteroatoms. The Morgan fingerprint density at radius 2 is 1.14 bits per heavy atom. The van der Waals surface area contributed by atoms with Gasteiger partial charge in [-0.15, -0.1) is 0 Å². The van der Waals surface area contributed by atoms with Crippen molar-refractivity contribution in [1.82, 2.24) is 0 Å². The SMILES string of the molecule is CCCc1ccc(C2C(O)(C(O)CO)C3(O)C(c4ccc(CCC)cc4)C(O)(CCC)C23O)cc1. The van der Waals surface area contributed by atoms with Crippen molar-refractivity contribution in [2.45, 2.75) is 99.6 Å². The molecule has 0 bridgehead atoms. The number of aryl methyl sites for hydroxylation is 2. The minimum absolute atomic E-state index is 0.197. The zero-order valence-electron chi connectivity index (χ0n) is 21.0. The van der Waals surface area contributed by atoms with E-state index in [-0.39, 0.29) is 6.42 Å². The van der Waals surface area contributed by atoms with Crippen LogP contribution >= 0.6 is 0 Å². The average Bonchev–Trinajstić information content (AvgIpc) is 2.85. The van der Waals surface area contributed by atoms with E-state index in [4.69, 9.17) is 0 Å². The fraction of sp³-hybridized carbons (Fsp3) is 0.586. The van der Waals surface area contributed by atoms with E-state index >= 15 is 0 Å². The average molecular weight is 485 g/mol. The van der Waals surface area contributed by atoms with Gasteiger partial charge in [0, 0.05) is 0 Å². The molecule has 7 unspecified atom stereocenters. The molecule has 35 heavy (non-hydrogen) atoms. The predicted molar refractivity (Wildman–Crippen MR) is 134 cm³/mol. The number of fused-ring (bicyclic) bond motifs is 1. The maximum atomic E-state index is 12.1. The maximum absolute atomic E-state index is 12.1. The first-order valence-corrected chi connectivity index (χ1v) is 13.0. The summed E-state index contributed by atoms with van der Waals surface area (Å²) in [5.41, 5.74) is -5.10. The lowest BCUT2D eigenvalue weighted by Gasteiger charge is -2.84. The minimum atomic E-state index is -2.27. The fourth-order valence-corrected chi connectivity index (χ4v) is 7.15. The molecule has 2 aromatic rings. The molecule has 2 saturated carbocycles.